The number of nitro groups is 1. The lowest BCUT2D eigenvalue weighted by Crippen LogP contribution is -2.47. The molecule has 0 aromatic heterocycles. The first-order valence-electron chi connectivity index (χ1n) is 12.7. The summed E-state index contributed by atoms with van der Waals surface area (Å²) < 4.78 is 48.9. The maximum atomic E-state index is 14.4. The third kappa shape index (κ3) is 5.05. The molecule has 2 heterocycles. The van der Waals surface area contributed by atoms with E-state index in [4.69, 9.17) is 4.74 Å². The Kier molecular flexibility index (Phi) is 6.34. The lowest BCUT2D eigenvalue weighted by Gasteiger charge is -2.34. The number of halogens is 3. The molecule has 6 rings (SSSR count). The zero-order valence-corrected chi connectivity index (χ0v) is 21.5. The molecule has 0 spiro atoms. The predicted molar refractivity (Wildman–Crippen MR) is 144 cm³/mol. The number of allylic oxidation sites excluding steroid dienone is 2. The smallest absolute Gasteiger partial charge is 0.433 e. The monoisotopic (exact) mass is 561 g/mol. The third-order valence-electron chi connectivity index (χ3n) is 6.90. The number of hydrogen-bond acceptors (Lipinski definition) is 7. The van der Waals surface area contributed by atoms with E-state index in [1.54, 1.807) is 30.3 Å². The molecular formula is C29H22F3N5O4. The number of rotatable bonds is 5. The number of nitro benzene ring substituents is 1. The van der Waals surface area contributed by atoms with E-state index in [1.807, 2.05) is 25.1 Å². The van der Waals surface area contributed by atoms with E-state index in [2.05, 4.69) is 15.7 Å². The van der Waals surface area contributed by atoms with E-state index in [9.17, 15) is 28.1 Å². The Morgan fingerprint density at radius 1 is 1.10 bits per heavy atom. The Morgan fingerprint density at radius 3 is 2.66 bits per heavy atom. The summed E-state index contributed by atoms with van der Waals surface area (Å²) in [6.45, 7) is 1.86. The predicted octanol–water partition coefficient (Wildman–Crippen LogP) is 5.93. The van der Waals surface area contributed by atoms with Gasteiger partial charge in [0.25, 0.3) is 5.69 Å². The normalized spacial score (nSPS) is 17.7. The number of hydrogen-bond donors (Lipinski definition) is 2. The Balaban J connectivity index is 1.30. The van der Waals surface area contributed by atoms with Crippen LogP contribution in [0.25, 0.3) is 0 Å². The van der Waals surface area contributed by atoms with Crippen molar-refractivity contribution < 1.29 is 27.6 Å². The molecule has 0 saturated carbocycles. The number of benzene rings is 3. The van der Waals surface area contributed by atoms with Gasteiger partial charge in [-0.15, -0.1) is 0 Å². The zero-order chi connectivity index (χ0) is 28.9. The molecule has 0 saturated heterocycles. The quantitative estimate of drug-likeness (QED) is 0.295. The Bertz CT molecular complexity index is 1700. The number of ether oxygens (including phenoxy) is 1. The summed E-state index contributed by atoms with van der Waals surface area (Å²) in [6.07, 6.45) is -2.85. The number of non-ortho nitro benzene ring substituents is 1. The highest BCUT2D eigenvalue weighted by Crippen LogP contribution is 2.42. The number of alkyl halides is 3. The number of nitrogens with zero attached hydrogens (tertiary/aromatic N) is 3. The molecule has 208 valence electrons. The van der Waals surface area contributed by atoms with Gasteiger partial charge in [0, 0.05) is 23.3 Å². The van der Waals surface area contributed by atoms with Crippen LogP contribution in [-0.4, -0.2) is 33.8 Å². The second-order valence-electron chi connectivity index (χ2n) is 9.79. The van der Waals surface area contributed by atoms with Gasteiger partial charge in [-0.05, 0) is 49.1 Å². The number of carbonyl (C=O) groups excluding carboxylic acids is 1. The van der Waals surface area contributed by atoms with Gasteiger partial charge in [0.2, 0.25) is 5.91 Å². The van der Waals surface area contributed by atoms with Crippen LogP contribution in [0.4, 0.5) is 24.5 Å². The lowest BCUT2D eigenvalue weighted by atomic mass is 9.84. The van der Waals surface area contributed by atoms with E-state index in [-0.39, 0.29) is 40.7 Å². The molecule has 41 heavy (non-hydrogen) atoms. The number of hydrazine groups is 1. The van der Waals surface area contributed by atoms with E-state index < -0.39 is 28.7 Å². The highest BCUT2D eigenvalue weighted by Gasteiger charge is 2.48. The molecule has 0 unspecified atom stereocenters. The minimum absolute atomic E-state index is 0.0419. The molecule has 0 bridgehead atoms. The van der Waals surface area contributed by atoms with Crippen molar-refractivity contribution in [1.29, 1.82) is 0 Å². The van der Waals surface area contributed by atoms with Crippen molar-refractivity contribution in [1.82, 2.24) is 10.4 Å². The van der Waals surface area contributed by atoms with Gasteiger partial charge < -0.3 is 10.1 Å². The Hall–Kier alpha value is -4.97. The molecule has 9 nitrogen and oxygen atoms in total. The van der Waals surface area contributed by atoms with Crippen LogP contribution in [0, 0.1) is 17.0 Å². The number of amides is 1. The second-order valence-corrected chi connectivity index (χ2v) is 9.79. The van der Waals surface area contributed by atoms with E-state index in [0.29, 0.717) is 17.7 Å². The standard InChI is InChI=1S/C29H22F3N5O4/c1-16-5-4-7-20(11-16)41-21-13-18(12-19(14-21)37(39)40)33-28(38)24-15-25-34-26-22-8-3-2-6-17(22)9-10-23(26)27(29(30,31)32)36(25)35-24/h2-8,11-15,24,35H,9-10H2,1H3,(H,33,38)/t24-/m0/s1. The average Bonchev–Trinajstić information content (AvgIpc) is 3.34. The van der Waals surface area contributed by atoms with Crippen LogP contribution in [0.5, 0.6) is 11.5 Å². The molecule has 3 aliphatic rings. The summed E-state index contributed by atoms with van der Waals surface area (Å²) in [4.78, 5) is 28.6. The molecule has 1 atom stereocenters. The van der Waals surface area contributed by atoms with E-state index in [0.717, 1.165) is 22.2 Å². The maximum Gasteiger partial charge on any atom is 0.433 e. The van der Waals surface area contributed by atoms with Gasteiger partial charge in [-0.1, -0.05) is 36.4 Å². The SMILES string of the molecule is Cc1cccc(Oc2cc(NC(=O)[C@@H]3C=C4N=C5C(=C(C(F)(F)F)N4N3)CCc3ccccc35)cc([N+](=O)[O-])c2)c1. The molecular weight excluding hydrogens is 539 g/mol. The maximum absolute atomic E-state index is 14.4. The fraction of sp³-hybridized carbons (Fsp3) is 0.172. The number of aryl methyl sites for hydroxylation is 2. The van der Waals surface area contributed by atoms with Crippen molar-refractivity contribution in [2.75, 3.05) is 5.32 Å². The van der Waals surface area contributed by atoms with Crippen molar-refractivity contribution in [3.63, 3.8) is 0 Å². The summed E-state index contributed by atoms with van der Waals surface area (Å²) in [7, 11) is 0. The van der Waals surface area contributed by atoms with Crippen molar-refractivity contribution in [2.45, 2.75) is 32.0 Å². The van der Waals surface area contributed by atoms with Crippen LogP contribution < -0.4 is 15.5 Å². The van der Waals surface area contributed by atoms with Crippen LogP contribution in [0.3, 0.4) is 0 Å². The molecule has 3 aromatic rings. The third-order valence-corrected chi connectivity index (χ3v) is 6.90. The highest BCUT2D eigenvalue weighted by atomic mass is 19.4. The lowest BCUT2D eigenvalue weighted by molar-refractivity contribution is -0.384. The molecule has 1 aliphatic carbocycles. The van der Waals surface area contributed by atoms with Gasteiger partial charge in [-0.3, -0.25) is 19.9 Å². The second kappa shape index (κ2) is 9.89. The van der Waals surface area contributed by atoms with Crippen molar-refractivity contribution in [3.8, 4) is 11.5 Å². The minimum atomic E-state index is -4.72. The number of fused-ring (bicyclic) bond motifs is 4. The summed E-state index contributed by atoms with van der Waals surface area (Å²) in [6, 6.07) is 16.8. The van der Waals surface area contributed by atoms with Crippen molar-refractivity contribution >= 4 is 23.0 Å². The molecule has 12 heteroatoms. The van der Waals surface area contributed by atoms with Gasteiger partial charge in [0.05, 0.1) is 22.4 Å². The first-order valence-corrected chi connectivity index (χ1v) is 12.7. The van der Waals surface area contributed by atoms with E-state index >= 15 is 0 Å². The molecule has 2 aliphatic heterocycles. The molecule has 2 N–H and O–H groups in total. The van der Waals surface area contributed by atoms with Crippen LogP contribution in [0.2, 0.25) is 0 Å². The van der Waals surface area contributed by atoms with Crippen molar-refractivity contribution in [2.24, 2.45) is 4.99 Å². The molecule has 1 amide bonds. The number of aliphatic imine (C=N–C) groups is 1. The average molecular weight is 562 g/mol. The zero-order valence-electron chi connectivity index (χ0n) is 21.5. The fourth-order valence-electron chi connectivity index (χ4n) is 5.14. The van der Waals surface area contributed by atoms with Crippen molar-refractivity contribution in [3.05, 3.63) is 117 Å². The summed E-state index contributed by atoms with van der Waals surface area (Å²) >= 11 is 0. The largest absolute Gasteiger partial charge is 0.457 e. The van der Waals surface area contributed by atoms with Gasteiger partial charge in [-0.25, -0.2) is 10.4 Å². The van der Waals surface area contributed by atoms with Crippen LogP contribution in [0.15, 0.2) is 94.9 Å². The van der Waals surface area contributed by atoms with Gasteiger partial charge in [0.1, 0.15) is 29.1 Å². The summed E-state index contributed by atoms with van der Waals surface area (Å²) in [5.41, 5.74) is 4.13. The number of carbonyl (C=O) groups is 1. The highest BCUT2D eigenvalue weighted by molar-refractivity contribution is 6.16. The molecule has 0 radical (unpaired) electrons. The van der Waals surface area contributed by atoms with Gasteiger partial charge in [-0.2, -0.15) is 13.2 Å². The van der Waals surface area contributed by atoms with E-state index in [1.165, 1.54) is 18.2 Å². The van der Waals surface area contributed by atoms with Gasteiger partial charge >= 0.3 is 6.18 Å². The van der Waals surface area contributed by atoms with Gasteiger partial charge in [0.15, 0.2) is 0 Å². The first-order chi connectivity index (χ1) is 19.6. The summed E-state index contributed by atoms with van der Waals surface area (Å²) in [5, 5.41) is 14.9. The topological polar surface area (TPSA) is 109 Å². The summed E-state index contributed by atoms with van der Waals surface area (Å²) in [5.74, 6) is -0.246. The van der Waals surface area contributed by atoms with Crippen LogP contribution >= 0.6 is 0 Å². The fourth-order valence-corrected chi connectivity index (χ4v) is 5.14. The Labute approximate surface area is 231 Å². The number of anilines is 1. The first kappa shape index (κ1) is 26.3. The molecule has 0 fully saturated rings. The Morgan fingerprint density at radius 2 is 1.90 bits per heavy atom. The van der Waals surface area contributed by atoms with Crippen LogP contribution in [0.1, 0.15) is 23.1 Å². The number of nitrogens with one attached hydrogen (secondary N) is 2. The minimum Gasteiger partial charge on any atom is -0.457 e. The van der Waals surface area contributed by atoms with Crippen LogP contribution in [-0.2, 0) is 11.2 Å². The molecule has 3 aromatic carbocycles.